The third kappa shape index (κ3) is 4.75. The highest BCUT2D eigenvalue weighted by Crippen LogP contribution is 2.25. The SMILES string of the molecule is [C-]#[N+]/C(C#N)=C1\N(CCCN2CCCC2C)CCN1CCN1CCCC1C. The summed E-state index contributed by atoms with van der Waals surface area (Å²) in [5.41, 5.74) is 0.261. The number of hydrogen-bond donors (Lipinski definition) is 0. The van der Waals surface area contributed by atoms with E-state index in [1.165, 1.54) is 38.8 Å². The Balaban J connectivity index is 1.58. The minimum absolute atomic E-state index is 0.261. The van der Waals surface area contributed by atoms with Gasteiger partial charge in [-0.25, -0.2) is 10.1 Å². The first-order valence-electron chi connectivity index (χ1n) is 10.6. The number of likely N-dealkylation sites (tertiary alicyclic amines) is 2. The number of allylic oxidation sites excluding steroid dienone is 1. The van der Waals surface area contributed by atoms with Crippen LogP contribution in [0.4, 0.5) is 0 Å². The van der Waals surface area contributed by atoms with Crippen LogP contribution in [-0.2, 0) is 0 Å². The van der Waals surface area contributed by atoms with Crippen molar-refractivity contribution in [3.05, 3.63) is 22.9 Å². The zero-order valence-corrected chi connectivity index (χ0v) is 17.0. The van der Waals surface area contributed by atoms with Crippen molar-refractivity contribution in [2.45, 2.75) is 58.0 Å². The van der Waals surface area contributed by atoms with Crippen LogP contribution in [0.1, 0.15) is 46.0 Å². The summed E-state index contributed by atoms with van der Waals surface area (Å²) in [7, 11) is 0. The monoisotopic (exact) mass is 370 g/mol. The number of nitriles is 1. The first-order valence-corrected chi connectivity index (χ1v) is 10.6. The van der Waals surface area contributed by atoms with Crippen LogP contribution in [0, 0.1) is 17.9 Å². The Bertz CT molecular complexity index is 599. The molecule has 3 fully saturated rings. The Labute approximate surface area is 164 Å². The van der Waals surface area contributed by atoms with Crippen LogP contribution in [0.25, 0.3) is 4.85 Å². The van der Waals surface area contributed by atoms with Crippen LogP contribution < -0.4 is 0 Å². The maximum atomic E-state index is 9.48. The molecule has 6 heteroatoms. The predicted molar refractivity (Wildman–Crippen MR) is 108 cm³/mol. The molecule has 0 spiro atoms. The molecule has 6 nitrogen and oxygen atoms in total. The molecule has 0 saturated carbocycles. The summed E-state index contributed by atoms with van der Waals surface area (Å²) >= 11 is 0. The molecule has 3 rings (SSSR count). The fourth-order valence-electron chi connectivity index (χ4n) is 4.88. The van der Waals surface area contributed by atoms with E-state index in [1.54, 1.807) is 0 Å². The van der Waals surface area contributed by atoms with Gasteiger partial charge in [-0.15, -0.1) is 0 Å². The molecule has 0 bridgehead atoms. The van der Waals surface area contributed by atoms with Gasteiger partial charge in [-0.3, -0.25) is 4.90 Å². The van der Waals surface area contributed by atoms with Gasteiger partial charge >= 0.3 is 5.70 Å². The zero-order chi connectivity index (χ0) is 19.2. The first kappa shape index (κ1) is 20.0. The van der Waals surface area contributed by atoms with Gasteiger partial charge in [0.15, 0.2) is 0 Å². The Morgan fingerprint density at radius 2 is 1.56 bits per heavy atom. The molecule has 0 aromatic heterocycles. The number of nitrogens with zero attached hydrogens (tertiary/aromatic N) is 6. The van der Waals surface area contributed by atoms with E-state index in [0.717, 1.165) is 51.5 Å². The fourth-order valence-corrected chi connectivity index (χ4v) is 4.88. The molecule has 0 N–H and O–H groups in total. The summed E-state index contributed by atoms with van der Waals surface area (Å²) in [6.45, 7) is 20.3. The lowest BCUT2D eigenvalue weighted by molar-refractivity contribution is 0.224. The normalized spacial score (nSPS) is 28.6. The second-order valence-electron chi connectivity index (χ2n) is 8.28. The average molecular weight is 371 g/mol. The smallest absolute Gasteiger partial charge is 0.300 e. The quantitative estimate of drug-likeness (QED) is 0.509. The van der Waals surface area contributed by atoms with Gasteiger partial charge in [-0.05, 0) is 59.0 Å². The number of hydrogen-bond acceptors (Lipinski definition) is 5. The lowest BCUT2D eigenvalue weighted by Gasteiger charge is -2.29. The summed E-state index contributed by atoms with van der Waals surface area (Å²) in [6, 6.07) is 3.51. The molecule has 0 aliphatic carbocycles. The first-order chi connectivity index (χ1) is 13.1. The van der Waals surface area contributed by atoms with Crippen molar-refractivity contribution in [2.75, 3.05) is 52.4 Å². The molecule has 0 aromatic carbocycles. The van der Waals surface area contributed by atoms with Crippen LogP contribution in [0.5, 0.6) is 0 Å². The standard InChI is InChI=1S/C21H34N6/c1-18-7-4-9-24(18)11-6-12-26-15-16-27(21(26)20(17-22)23-3)14-13-25-10-5-8-19(25)2/h18-19H,4-16H2,1-2H3/b21-20+. The van der Waals surface area contributed by atoms with E-state index in [2.05, 4.69) is 44.4 Å². The van der Waals surface area contributed by atoms with Crippen LogP contribution in [0.2, 0.25) is 0 Å². The van der Waals surface area contributed by atoms with Gasteiger partial charge in [-0.1, -0.05) is 0 Å². The van der Waals surface area contributed by atoms with Gasteiger partial charge in [0.2, 0.25) is 0 Å². The Morgan fingerprint density at radius 3 is 2.07 bits per heavy atom. The van der Waals surface area contributed by atoms with Gasteiger partial charge in [0.05, 0.1) is 12.6 Å². The van der Waals surface area contributed by atoms with Crippen LogP contribution in [0.3, 0.4) is 0 Å². The van der Waals surface area contributed by atoms with E-state index >= 15 is 0 Å². The van der Waals surface area contributed by atoms with E-state index in [-0.39, 0.29) is 5.70 Å². The minimum atomic E-state index is 0.261. The molecule has 3 aliphatic rings. The van der Waals surface area contributed by atoms with E-state index in [1.807, 2.05) is 0 Å². The lowest BCUT2D eigenvalue weighted by Crippen LogP contribution is -2.36. The van der Waals surface area contributed by atoms with Gasteiger partial charge < -0.3 is 14.7 Å². The Morgan fingerprint density at radius 1 is 0.963 bits per heavy atom. The Kier molecular flexibility index (Phi) is 6.99. The molecule has 3 aliphatic heterocycles. The van der Waals surface area contributed by atoms with E-state index < -0.39 is 0 Å². The second-order valence-corrected chi connectivity index (χ2v) is 8.28. The minimum Gasteiger partial charge on any atom is -0.365 e. The van der Waals surface area contributed by atoms with Crippen LogP contribution in [-0.4, -0.2) is 84.0 Å². The third-order valence-electron chi connectivity index (χ3n) is 6.58. The van der Waals surface area contributed by atoms with Crippen molar-refractivity contribution in [3.63, 3.8) is 0 Å². The topological polar surface area (TPSA) is 41.1 Å². The van der Waals surface area contributed by atoms with Crippen molar-refractivity contribution in [3.8, 4) is 6.07 Å². The summed E-state index contributed by atoms with van der Waals surface area (Å²) in [5, 5.41) is 9.48. The van der Waals surface area contributed by atoms with E-state index in [9.17, 15) is 5.26 Å². The van der Waals surface area contributed by atoms with Crippen molar-refractivity contribution in [1.29, 1.82) is 5.26 Å². The van der Waals surface area contributed by atoms with Crippen molar-refractivity contribution in [1.82, 2.24) is 19.6 Å². The molecule has 0 radical (unpaired) electrons. The molecule has 3 saturated heterocycles. The van der Waals surface area contributed by atoms with Gasteiger partial charge in [0.25, 0.3) is 0 Å². The molecule has 2 atom stereocenters. The molecular weight excluding hydrogens is 336 g/mol. The number of rotatable bonds is 7. The Hall–Kier alpha value is -1.76. The lowest BCUT2D eigenvalue weighted by atomic mass is 10.2. The third-order valence-corrected chi connectivity index (χ3v) is 6.58. The highest BCUT2D eigenvalue weighted by molar-refractivity contribution is 5.33. The van der Waals surface area contributed by atoms with Crippen LogP contribution >= 0.6 is 0 Å². The van der Waals surface area contributed by atoms with E-state index in [4.69, 9.17) is 6.57 Å². The highest BCUT2D eigenvalue weighted by Gasteiger charge is 2.30. The predicted octanol–water partition coefficient (Wildman–Crippen LogP) is 2.57. The molecule has 2 unspecified atom stereocenters. The second kappa shape index (κ2) is 9.44. The van der Waals surface area contributed by atoms with Crippen LogP contribution in [0.15, 0.2) is 11.5 Å². The zero-order valence-electron chi connectivity index (χ0n) is 17.0. The molecule has 27 heavy (non-hydrogen) atoms. The average Bonchev–Trinajstić information content (AvgIpc) is 3.37. The molecule has 0 amide bonds. The maximum Gasteiger partial charge on any atom is 0.300 e. The highest BCUT2D eigenvalue weighted by atomic mass is 15.4. The molecule has 148 valence electrons. The van der Waals surface area contributed by atoms with E-state index in [0.29, 0.717) is 12.1 Å². The largest absolute Gasteiger partial charge is 0.365 e. The van der Waals surface area contributed by atoms with Gasteiger partial charge in [0.1, 0.15) is 5.82 Å². The van der Waals surface area contributed by atoms with Gasteiger partial charge in [0, 0.05) is 51.4 Å². The molecular formula is C21H34N6. The molecule has 3 heterocycles. The summed E-state index contributed by atoms with van der Waals surface area (Å²) in [4.78, 5) is 13.2. The van der Waals surface area contributed by atoms with Gasteiger partial charge in [-0.2, -0.15) is 0 Å². The van der Waals surface area contributed by atoms with Crippen molar-refractivity contribution >= 4 is 0 Å². The summed E-state index contributed by atoms with van der Waals surface area (Å²) < 4.78 is 0. The van der Waals surface area contributed by atoms with Crippen molar-refractivity contribution in [2.24, 2.45) is 0 Å². The molecule has 0 aromatic rings. The summed E-state index contributed by atoms with van der Waals surface area (Å²) in [5.74, 6) is 0.883. The van der Waals surface area contributed by atoms with Crippen molar-refractivity contribution < 1.29 is 0 Å². The summed E-state index contributed by atoms with van der Waals surface area (Å²) in [6.07, 6.45) is 6.30. The maximum absolute atomic E-state index is 9.48. The fraction of sp³-hybridized carbons (Fsp3) is 0.810.